The number of H-pyrrole nitrogens is 2. The maximum Gasteiger partial charge on any atom is 0.262 e. The third kappa shape index (κ3) is 2.74. The Labute approximate surface area is 152 Å². The molecule has 3 aromatic rings. The zero-order valence-corrected chi connectivity index (χ0v) is 14.2. The lowest BCUT2D eigenvalue weighted by Crippen LogP contribution is -2.12. The van der Waals surface area contributed by atoms with Gasteiger partial charge in [-0.2, -0.15) is 0 Å². The van der Waals surface area contributed by atoms with Crippen LogP contribution >= 0.6 is 12.2 Å². The molecule has 7 heteroatoms. The number of phenolic OH excluding ortho intramolecular Hbond substituents is 1. The highest BCUT2D eigenvalue weighted by atomic mass is 32.1. The normalized spacial score (nSPS) is 14.3. The van der Waals surface area contributed by atoms with E-state index in [0.717, 1.165) is 16.8 Å². The van der Waals surface area contributed by atoms with Crippen LogP contribution in [0.1, 0.15) is 16.7 Å². The summed E-state index contributed by atoms with van der Waals surface area (Å²) in [5, 5.41) is 19.6. The van der Waals surface area contributed by atoms with Crippen molar-refractivity contribution >= 4 is 35.3 Å². The van der Waals surface area contributed by atoms with Gasteiger partial charge in [0.2, 0.25) is 5.88 Å². The summed E-state index contributed by atoms with van der Waals surface area (Å²) in [6.45, 7) is 0. The van der Waals surface area contributed by atoms with Gasteiger partial charge in [-0.15, -0.1) is 0 Å². The lowest BCUT2D eigenvalue weighted by molar-refractivity contribution is 0.448. The minimum atomic E-state index is -0.492. The minimum Gasteiger partial charge on any atom is -0.508 e. The molecule has 0 unspecified atom stereocenters. The number of allylic oxidation sites excluding steroid dienone is 1. The summed E-state index contributed by atoms with van der Waals surface area (Å²) in [7, 11) is 0. The molecule has 2 aromatic carbocycles. The number of fused-ring (bicyclic) bond motifs is 1. The molecule has 0 spiro atoms. The Morgan fingerprint density at radius 3 is 2.46 bits per heavy atom. The fourth-order valence-corrected chi connectivity index (χ4v) is 3.04. The van der Waals surface area contributed by atoms with Crippen LogP contribution in [0.15, 0.2) is 58.3 Å². The number of nitrogens with zero attached hydrogens (tertiary/aromatic N) is 1. The first kappa shape index (κ1) is 16.0. The standard InChI is InChI=1S/C19H13N3O3S/c23-11-7-5-10(6-8-11)16-13(12-3-1-2-4-15(12)20-16)9-14-17(24)21-19(26)22-18(14)25/h1-9,23H,(H3,21,22,24,25,26). The molecule has 0 amide bonds. The van der Waals surface area contributed by atoms with Crippen molar-refractivity contribution in [2.24, 2.45) is 4.99 Å². The molecular weight excluding hydrogens is 350 g/mol. The number of hydrogen-bond acceptors (Lipinski definition) is 5. The van der Waals surface area contributed by atoms with Crippen molar-refractivity contribution in [3.8, 4) is 11.6 Å². The molecule has 6 nitrogen and oxygen atoms in total. The second kappa shape index (κ2) is 6.12. The average Bonchev–Trinajstić information content (AvgIpc) is 2.97. The van der Waals surface area contributed by atoms with Crippen molar-refractivity contribution in [2.45, 2.75) is 0 Å². The van der Waals surface area contributed by atoms with Gasteiger partial charge in [0.1, 0.15) is 11.3 Å². The fraction of sp³-hybridized carbons (Fsp3) is 0. The maximum atomic E-state index is 12.2. The number of benzene rings is 2. The quantitative estimate of drug-likeness (QED) is 0.523. The van der Waals surface area contributed by atoms with Gasteiger partial charge in [-0.3, -0.25) is 9.78 Å². The summed E-state index contributed by atoms with van der Waals surface area (Å²) in [5.74, 6) is -0.152. The van der Waals surface area contributed by atoms with Crippen molar-refractivity contribution < 1.29 is 10.2 Å². The van der Waals surface area contributed by atoms with Crippen LogP contribution in [0.3, 0.4) is 0 Å². The summed E-state index contributed by atoms with van der Waals surface area (Å²) in [4.78, 5) is 21.9. The zero-order chi connectivity index (χ0) is 18.3. The lowest BCUT2D eigenvalue weighted by Gasteiger charge is -2.07. The molecule has 4 N–H and O–H groups in total. The molecule has 1 aromatic heterocycles. The Bertz CT molecular complexity index is 1190. The Morgan fingerprint density at radius 1 is 1.00 bits per heavy atom. The van der Waals surface area contributed by atoms with Crippen LogP contribution in [0.4, 0.5) is 5.69 Å². The first-order valence-electron chi connectivity index (χ1n) is 7.78. The molecule has 0 saturated carbocycles. The van der Waals surface area contributed by atoms with E-state index in [2.05, 4.69) is 15.0 Å². The highest BCUT2D eigenvalue weighted by Gasteiger charge is 2.23. The van der Waals surface area contributed by atoms with Crippen molar-refractivity contribution in [2.75, 3.05) is 0 Å². The van der Waals surface area contributed by atoms with E-state index in [1.165, 1.54) is 0 Å². The molecule has 0 atom stereocenters. The molecule has 1 aliphatic heterocycles. The van der Waals surface area contributed by atoms with E-state index in [9.17, 15) is 15.0 Å². The highest BCUT2D eigenvalue weighted by molar-refractivity contribution is 7.71. The highest BCUT2D eigenvalue weighted by Crippen LogP contribution is 2.38. The van der Waals surface area contributed by atoms with Gasteiger partial charge in [0.05, 0.1) is 11.4 Å². The zero-order valence-electron chi connectivity index (χ0n) is 13.4. The van der Waals surface area contributed by atoms with Gasteiger partial charge >= 0.3 is 0 Å². The van der Waals surface area contributed by atoms with Gasteiger partial charge in [-0.25, -0.2) is 4.99 Å². The van der Waals surface area contributed by atoms with Gasteiger partial charge in [-0.05, 0) is 48.6 Å². The molecule has 2 heterocycles. The molecule has 4 rings (SSSR count). The first-order valence-corrected chi connectivity index (χ1v) is 8.19. The molecule has 0 radical (unpaired) electrons. The fourth-order valence-electron chi connectivity index (χ4n) is 2.85. The van der Waals surface area contributed by atoms with Crippen LogP contribution in [-0.2, 0) is 0 Å². The number of phenols is 1. The number of para-hydroxylation sites is 1. The molecule has 1 aliphatic rings. The van der Waals surface area contributed by atoms with E-state index in [-0.39, 0.29) is 22.0 Å². The summed E-state index contributed by atoms with van der Waals surface area (Å²) in [5.41, 5.74) is 3.30. The molecule has 0 aliphatic carbocycles. The molecule has 0 fully saturated rings. The number of nitrogens with one attached hydrogen (secondary N) is 2. The van der Waals surface area contributed by atoms with Gasteiger partial charge in [-0.1, -0.05) is 18.2 Å². The van der Waals surface area contributed by atoms with Gasteiger partial charge < -0.3 is 15.2 Å². The molecular formula is C19H13N3O3S. The summed E-state index contributed by atoms with van der Waals surface area (Å²) >= 11 is 4.87. The third-order valence-electron chi connectivity index (χ3n) is 4.07. The lowest BCUT2D eigenvalue weighted by atomic mass is 9.96. The summed E-state index contributed by atoms with van der Waals surface area (Å²) in [6.07, 6.45) is 1.58. The Kier molecular flexibility index (Phi) is 3.78. The second-order valence-corrected chi connectivity index (χ2v) is 6.16. The van der Waals surface area contributed by atoms with Crippen LogP contribution in [0.5, 0.6) is 11.6 Å². The number of aromatic nitrogens is 2. The average molecular weight is 363 g/mol. The van der Waals surface area contributed by atoms with Gasteiger partial charge in [0, 0.05) is 16.7 Å². The molecule has 0 bridgehead atoms. The smallest absolute Gasteiger partial charge is 0.262 e. The van der Waals surface area contributed by atoms with Crippen molar-refractivity contribution in [3.05, 3.63) is 80.3 Å². The number of aromatic hydroxyl groups is 2. The second-order valence-electron chi connectivity index (χ2n) is 5.75. The predicted octanol–water partition coefficient (Wildman–Crippen LogP) is 3.52. The Morgan fingerprint density at radius 2 is 1.73 bits per heavy atom. The van der Waals surface area contributed by atoms with E-state index < -0.39 is 5.56 Å². The van der Waals surface area contributed by atoms with E-state index in [0.29, 0.717) is 11.3 Å². The minimum absolute atomic E-state index is 0.0499. The van der Waals surface area contributed by atoms with Crippen molar-refractivity contribution in [3.63, 3.8) is 0 Å². The van der Waals surface area contributed by atoms with Crippen LogP contribution in [0.2, 0.25) is 0 Å². The molecule has 0 saturated heterocycles. The number of rotatable bonds is 2. The topological polar surface area (TPSA) is 101 Å². The van der Waals surface area contributed by atoms with Gasteiger partial charge in [0.15, 0.2) is 4.77 Å². The summed E-state index contributed by atoms with van der Waals surface area (Å²) in [6, 6.07) is 14.2. The van der Waals surface area contributed by atoms with Crippen LogP contribution < -0.4 is 5.56 Å². The Balaban J connectivity index is 1.95. The van der Waals surface area contributed by atoms with E-state index in [1.54, 1.807) is 30.3 Å². The molecule has 128 valence electrons. The van der Waals surface area contributed by atoms with E-state index >= 15 is 0 Å². The van der Waals surface area contributed by atoms with Crippen LogP contribution in [-0.4, -0.2) is 25.9 Å². The van der Waals surface area contributed by atoms with Crippen molar-refractivity contribution in [1.29, 1.82) is 0 Å². The van der Waals surface area contributed by atoms with E-state index in [1.807, 2.05) is 24.3 Å². The van der Waals surface area contributed by atoms with Gasteiger partial charge in [0.25, 0.3) is 5.56 Å². The van der Waals surface area contributed by atoms with Crippen LogP contribution in [0.25, 0.3) is 11.6 Å². The number of aromatic amines is 2. The monoisotopic (exact) mass is 363 g/mol. The maximum absolute atomic E-state index is 12.2. The van der Waals surface area contributed by atoms with Crippen LogP contribution in [0, 0.1) is 4.77 Å². The number of hydrogen-bond donors (Lipinski definition) is 4. The molecule has 26 heavy (non-hydrogen) atoms. The predicted molar refractivity (Wildman–Crippen MR) is 103 cm³/mol. The van der Waals surface area contributed by atoms with E-state index in [4.69, 9.17) is 12.2 Å². The Hall–Kier alpha value is -3.45. The first-order chi connectivity index (χ1) is 12.5. The largest absolute Gasteiger partial charge is 0.508 e. The van der Waals surface area contributed by atoms with Crippen molar-refractivity contribution in [1.82, 2.24) is 9.97 Å². The summed E-state index contributed by atoms with van der Waals surface area (Å²) < 4.78 is 0.0499. The third-order valence-corrected chi connectivity index (χ3v) is 4.27. The number of aliphatic imine (C=N–C) groups is 1. The SMILES string of the molecule is O=c1[nH]c(=S)[nH]c(O)c1C=C1C(c2ccc(O)cc2)=Nc2ccccc21.